The molecule has 1 aliphatic heterocycles. The van der Waals surface area contributed by atoms with Crippen LogP contribution in [0.5, 0.6) is 5.75 Å². The number of ketones is 1. The minimum Gasteiger partial charge on any atom is -0.379 e. The van der Waals surface area contributed by atoms with Gasteiger partial charge in [-0.15, -0.1) is 23.1 Å². The van der Waals surface area contributed by atoms with Gasteiger partial charge in [-0.1, -0.05) is 0 Å². The van der Waals surface area contributed by atoms with E-state index in [0.717, 1.165) is 12.1 Å². The summed E-state index contributed by atoms with van der Waals surface area (Å²) in [6, 6.07) is 7.82. The van der Waals surface area contributed by atoms with Crippen molar-refractivity contribution in [3.8, 4) is 5.75 Å². The molecule has 1 atom stereocenters. The van der Waals surface area contributed by atoms with E-state index >= 15 is 0 Å². The van der Waals surface area contributed by atoms with E-state index in [1.807, 2.05) is 0 Å². The second kappa shape index (κ2) is 8.02. The van der Waals surface area contributed by atoms with Gasteiger partial charge in [0.2, 0.25) is 0 Å². The first-order valence-corrected chi connectivity index (χ1v) is 12.2. The number of fused-ring (bicyclic) bond motifs is 1. The van der Waals surface area contributed by atoms with Gasteiger partial charge in [0.1, 0.15) is 26.7 Å². The Morgan fingerprint density at radius 1 is 1.26 bits per heavy atom. The first-order valence-electron chi connectivity index (χ1n) is 8.95. The van der Waals surface area contributed by atoms with Gasteiger partial charge in [-0.05, 0) is 38.1 Å². The lowest BCUT2D eigenvalue weighted by atomic mass is 10.2. The largest absolute Gasteiger partial charge is 0.379 e. The maximum absolute atomic E-state index is 12.6. The lowest BCUT2D eigenvalue weighted by molar-refractivity contribution is -0.385. The number of aromatic nitrogens is 1. The Morgan fingerprint density at radius 2 is 2.03 bits per heavy atom. The predicted octanol–water partition coefficient (Wildman–Crippen LogP) is 3.73. The molecule has 0 saturated heterocycles. The highest BCUT2D eigenvalue weighted by Gasteiger charge is 2.25. The lowest BCUT2D eigenvalue weighted by Crippen LogP contribution is -2.14. The van der Waals surface area contributed by atoms with Crippen LogP contribution in [0.4, 0.5) is 5.69 Å². The summed E-state index contributed by atoms with van der Waals surface area (Å²) in [6.45, 7) is 2.97. The Balaban J connectivity index is 1.60. The summed E-state index contributed by atoms with van der Waals surface area (Å²) in [4.78, 5) is 30.6. The number of benzene rings is 2. The molecule has 9 nitrogen and oxygen atoms in total. The highest BCUT2D eigenvalue weighted by Crippen LogP contribution is 2.33. The van der Waals surface area contributed by atoms with E-state index in [4.69, 9.17) is 4.18 Å². The molecule has 31 heavy (non-hydrogen) atoms. The van der Waals surface area contributed by atoms with Crippen molar-refractivity contribution < 1.29 is 22.3 Å². The van der Waals surface area contributed by atoms with Crippen LogP contribution < -0.4 is 4.18 Å². The third-order valence-electron chi connectivity index (χ3n) is 4.52. The molecule has 1 aromatic heterocycles. The molecule has 0 spiro atoms. The molecular weight excluding hydrogens is 462 g/mol. The Bertz CT molecular complexity index is 1360. The quantitative estimate of drug-likeness (QED) is 0.298. The molecule has 0 radical (unpaired) electrons. The molecule has 0 aliphatic carbocycles. The molecule has 160 valence electrons. The van der Waals surface area contributed by atoms with Crippen LogP contribution in [-0.4, -0.2) is 40.9 Å². The van der Waals surface area contributed by atoms with Crippen molar-refractivity contribution in [3.05, 3.63) is 57.1 Å². The van der Waals surface area contributed by atoms with E-state index in [0.29, 0.717) is 26.0 Å². The molecule has 4 rings (SSSR count). The first-order chi connectivity index (χ1) is 14.6. The minimum absolute atomic E-state index is 0.00554. The summed E-state index contributed by atoms with van der Waals surface area (Å²) in [5, 5.41) is 12.3. The number of hydrogen-bond acceptors (Lipinski definition) is 10. The highest BCUT2D eigenvalue weighted by atomic mass is 32.2. The number of nitro benzene ring substituents is 1. The van der Waals surface area contributed by atoms with E-state index < -0.39 is 15.0 Å². The summed E-state index contributed by atoms with van der Waals surface area (Å²) in [5.41, 5.74) is 0.707. The van der Waals surface area contributed by atoms with Crippen LogP contribution in [0.1, 0.15) is 17.5 Å². The third-order valence-corrected chi connectivity index (χ3v) is 7.97. The Kier molecular flexibility index (Phi) is 5.54. The summed E-state index contributed by atoms with van der Waals surface area (Å²) in [6.07, 6.45) is 0. The van der Waals surface area contributed by atoms with Gasteiger partial charge in [0.25, 0.3) is 5.69 Å². The monoisotopic (exact) mass is 477 g/mol. The molecule has 12 heteroatoms. The lowest BCUT2D eigenvalue weighted by Gasteiger charge is -2.08. The van der Waals surface area contributed by atoms with Crippen molar-refractivity contribution in [2.24, 2.45) is 4.99 Å². The second-order valence-electron chi connectivity index (χ2n) is 6.76. The fourth-order valence-electron chi connectivity index (χ4n) is 2.91. The highest BCUT2D eigenvalue weighted by molar-refractivity contribution is 8.15. The Labute approximate surface area is 185 Å². The topological polar surface area (TPSA) is 129 Å². The van der Waals surface area contributed by atoms with Crippen LogP contribution in [0.25, 0.3) is 10.2 Å². The fourth-order valence-corrected chi connectivity index (χ4v) is 6.10. The van der Waals surface area contributed by atoms with Crippen molar-refractivity contribution in [1.29, 1.82) is 0 Å². The number of hydrogen-bond donors (Lipinski definition) is 0. The first kappa shape index (κ1) is 21.4. The standard InChI is InChI=1S/C19H15N3O6S3/c1-10-7-13(4-6-16(10)22(24)25)31(26,27)28-12-3-5-14-17(8-12)30-19(20-14)18-21-15(9-29-18)11(2)23/h3-8,15H,9H2,1-2H3. The van der Waals surface area contributed by atoms with E-state index in [1.165, 1.54) is 49.1 Å². The Morgan fingerprint density at radius 3 is 2.68 bits per heavy atom. The van der Waals surface area contributed by atoms with Crippen LogP contribution in [0, 0.1) is 17.0 Å². The summed E-state index contributed by atoms with van der Waals surface area (Å²) >= 11 is 2.79. The molecule has 0 saturated carbocycles. The number of carbonyl (C=O) groups excluding carboxylic acids is 1. The SMILES string of the molecule is CC(=O)C1CSC(c2nc3ccc(OS(=O)(=O)c4ccc([N+](=O)[O-])c(C)c4)cc3s2)=N1. The zero-order valence-corrected chi connectivity index (χ0v) is 18.7. The summed E-state index contributed by atoms with van der Waals surface area (Å²) in [5.74, 6) is 0.689. The average Bonchev–Trinajstić information content (AvgIpc) is 3.34. The van der Waals surface area contributed by atoms with Crippen molar-refractivity contribution in [3.63, 3.8) is 0 Å². The van der Waals surface area contributed by atoms with Crippen molar-refractivity contribution >= 4 is 59.9 Å². The van der Waals surface area contributed by atoms with E-state index in [2.05, 4.69) is 9.98 Å². The van der Waals surface area contributed by atoms with Crippen LogP contribution in [0.15, 0.2) is 46.3 Å². The molecule has 0 bridgehead atoms. The maximum Gasteiger partial charge on any atom is 0.339 e. The smallest absolute Gasteiger partial charge is 0.339 e. The van der Waals surface area contributed by atoms with E-state index in [9.17, 15) is 23.3 Å². The average molecular weight is 478 g/mol. The fraction of sp³-hybridized carbons (Fsp3) is 0.211. The molecule has 1 unspecified atom stereocenters. The minimum atomic E-state index is -4.18. The molecule has 0 fully saturated rings. The zero-order valence-electron chi connectivity index (χ0n) is 16.3. The summed E-state index contributed by atoms with van der Waals surface area (Å²) in [7, 11) is -4.18. The molecule has 0 amide bonds. The van der Waals surface area contributed by atoms with Gasteiger partial charge >= 0.3 is 10.1 Å². The van der Waals surface area contributed by atoms with Crippen molar-refractivity contribution in [2.45, 2.75) is 24.8 Å². The van der Waals surface area contributed by atoms with Gasteiger partial charge in [-0.25, -0.2) is 4.98 Å². The van der Waals surface area contributed by atoms with Gasteiger partial charge < -0.3 is 4.18 Å². The van der Waals surface area contributed by atoms with Crippen LogP contribution >= 0.6 is 23.1 Å². The van der Waals surface area contributed by atoms with Gasteiger partial charge in [0, 0.05) is 23.4 Å². The van der Waals surface area contributed by atoms with Gasteiger partial charge in [-0.3, -0.25) is 19.9 Å². The second-order valence-corrected chi connectivity index (χ2v) is 10.3. The van der Waals surface area contributed by atoms with E-state index in [1.54, 1.807) is 12.1 Å². The van der Waals surface area contributed by atoms with Crippen molar-refractivity contribution in [2.75, 3.05) is 5.75 Å². The number of thiazole rings is 1. The number of aryl methyl sites for hydroxylation is 1. The van der Waals surface area contributed by atoms with Crippen LogP contribution in [-0.2, 0) is 14.9 Å². The van der Waals surface area contributed by atoms with Gasteiger partial charge in [0.05, 0.1) is 15.1 Å². The zero-order chi connectivity index (χ0) is 22.3. The Hall–Kier alpha value is -2.83. The van der Waals surface area contributed by atoms with Crippen LogP contribution in [0.3, 0.4) is 0 Å². The molecule has 0 N–H and O–H groups in total. The molecule has 1 aliphatic rings. The molecule has 2 heterocycles. The predicted molar refractivity (Wildman–Crippen MR) is 119 cm³/mol. The van der Waals surface area contributed by atoms with Gasteiger partial charge in [0.15, 0.2) is 5.78 Å². The number of aliphatic imine (C=N–C) groups is 1. The number of thioether (sulfide) groups is 1. The number of nitrogens with zero attached hydrogens (tertiary/aromatic N) is 3. The molecule has 2 aromatic carbocycles. The molecule has 3 aromatic rings. The number of carbonyl (C=O) groups is 1. The van der Waals surface area contributed by atoms with E-state index in [-0.39, 0.29) is 33.7 Å². The third kappa shape index (κ3) is 4.31. The molecular formula is C19H15N3O6S3. The number of nitro groups is 1. The maximum atomic E-state index is 12.6. The van der Waals surface area contributed by atoms with Gasteiger partial charge in [-0.2, -0.15) is 8.42 Å². The van der Waals surface area contributed by atoms with Crippen molar-refractivity contribution in [1.82, 2.24) is 4.98 Å². The number of Topliss-reactive ketones (excluding diaryl/α,β-unsaturated/α-hetero) is 1. The number of rotatable bonds is 6. The summed E-state index contributed by atoms with van der Waals surface area (Å²) < 4.78 is 31.2. The normalized spacial score (nSPS) is 16.3. The van der Waals surface area contributed by atoms with Crippen LogP contribution in [0.2, 0.25) is 0 Å².